The summed E-state index contributed by atoms with van der Waals surface area (Å²) < 4.78 is 4.71. The number of nitro groups is 1. The molecule has 2 aliphatic rings. The maximum Gasteiger partial charge on any atom is 0.355 e. The number of esters is 1. The molecule has 0 radical (unpaired) electrons. The van der Waals surface area contributed by atoms with Crippen molar-refractivity contribution in [2.45, 2.75) is 5.54 Å². The number of nitro benzene ring substituents is 1. The van der Waals surface area contributed by atoms with Crippen LogP contribution in [0.15, 0.2) is 59.7 Å². The number of hydrogen-bond acceptors (Lipinski definition) is 8. The van der Waals surface area contributed by atoms with Crippen molar-refractivity contribution in [2.24, 2.45) is 11.0 Å². The molecular weight excluding hydrogens is 380 g/mol. The van der Waals surface area contributed by atoms with Crippen molar-refractivity contribution in [1.29, 1.82) is 0 Å². The number of rotatable bonds is 4. The Balaban J connectivity index is 1.92. The van der Waals surface area contributed by atoms with Crippen LogP contribution in [-0.4, -0.2) is 35.5 Å². The number of hydrazone groups is 1. The zero-order chi connectivity index (χ0) is 20.8. The van der Waals surface area contributed by atoms with Gasteiger partial charge in [0.1, 0.15) is 5.92 Å². The van der Waals surface area contributed by atoms with Crippen LogP contribution in [0.25, 0.3) is 0 Å². The normalized spacial score (nSPS) is 22.7. The SMILES string of the molecule is COC(=O)C1=NN[C@]2(c3cccc([N+](=O)[O-])c3)C(=O)N(c3ccccc3)C(=O)[C@@H]12. The Morgan fingerprint density at radius 3 is 2.59 bits per heavy atom. The summed E-state index contributed by atoms with van der Waals surface area (Å²) in [4.78, 5) is 50.6. The number of para-hydroxylation sites is 1. The zero-order valence-electron chi connectivity index (χ0n) is 15.1. The van der Waals surface area contributed by atoms with E-state index in [1.165, 1.54) is 24.3 Å². The average molecular weight is 394 g/mol. The van der Waals surface area contributed by atoms with E-state index in [9.17, 15) is 24.5 Å². The molecule has 10 heteroatoms. The van der Waals surface area contributed by atoms with Gasteiger partial charge in [-0.15, -0.1) is 0 Å². The molecule has 2 amide bonds. The third-order valence-electron chi connectivity index (χ3n) is 4.99. The number of methoxy groups -OCH3 is 1. The van der Waals surface area contributed by atoms with Crippen LogP contribution in [-0.2, 0) is 24.7 Å². The summed E-state index contributed by atoms with van der Waals surface area (Å²) in [7, 11) is 1.13. The van der Waals surface area contributed by atoms with Gasteiger partial charge in [0.25, 0.3) is 11.6 Å². The number of ether oxygens (including phenoxy) is 1. The minimum Gasteiger partial charge on any atom is -0.464 e. The van der Waals surface area contributed by atoms with Gasteiger partial charge in [-0.05, 0) is 17.7 Å². The number of carbonyl (C=O) groups excluding carboxylic acids is 3. The van der Waals surface area contributed by atoms with Gasteiger partial charge in [-0.25, -0.2) is 9.69 Å². The lowest BCUT2D eigenvalue weighted by molar-refractivity contribution is -0.385. The largest absolute Gasteiger partial charge is 0.464 e. The molecule has 1 saturated heterocycles. The van der Waals surface area contributed by atoms with Crippen LogP contribution in [0, 0.1) is 16.0 Å². The fourth-order valence-corrected chi connectivity index (χ4v) is 3.67. The molecule has 1 fully saturated rings. The second kappa shape index (κ2) is 6.51. The summed E-state index contributed by atoms with van der Waals surface area (Å²) in [6.07, 6.45) is 0. The number of carbonyl (C=O) groups is 3. The van der Waals surface area contributed by atoms with E-state index in [1.807, 2.05) is 0 Å². The topological polar surface area (TPSA) is 131 Å². The number of benzene rings is 2. The molecule has 0 spiro atoms. The predicted octanol–water partition coefficient (Wildman–Crippen LogP) is 1.11. The van der Waals surface area contributed by atoms with Gasteiger partial charge >= 0.3 is 5.97 Å². The van der Waals surface area contributed by atoms with Crippen LogP contribution in [0.3, 0.4) is 0 Å². The van der Waals surface area contributed by atoms with Crippen LogP contribution in [0.1, 0.15) is 5.56 Å². The van der Waals surface area contributed by atoms with Gasteiger partial charge in [-0.3, -0.25) is 25.1 Å². The van der Waals surface area contributed by atoms with Crippen molar-refractivity contribution in [3.8, 4) is 0 Å². The standard InChI is InChI=1S/C19H14N4O6/c1-29-17(25)15-14-16(24)22(12-7-3-2-4-8-12)18(26)19(14,21-20-15)11-6-5-9-13(10-11)23(27)28/h2-10,14,21H,1H3/t14-,19+/m1/s1. The first kappa shape index (κ1) is 18.3. The molecule has 0 aliphatic carbocycles. The van der Waals surface area contributed by atoms with Gasteiger partial charge in [0.2, 0.25) is 5.91 Å². The minimum atomic E-state index is -1.79. The smallest absolute Gasteiger partial charge is 0.355 e. The summed E-state index contributed by atoms with van der Waals surface area (Å²) in [6.45, 7) is 0. The number of amides is 2. The Morgan fingerprint density at radius 1 is 1.21 bits per heavy atom. The van der Waals surface area contributed by atoms with Crippen molar-refractivity contribution >= 4 is 34.9 Å². The number of nitrogens with zero attached hydrogens (tertiary/aromatic N) is 3. The van der Waals surface area contributed by atoms with Crippen LogP contribution in [0.4, 0.5) is 11.4 Å². The molecule has 1 N–H and O–H groups in total. The van der Waals surface area contributed by atoms with Crippen molar-refractivity contribution in [1.82, 2.24) is 5.43 Å². The number of hydrogen-bond donors (Lipinski definition) is 1. The van der Waals surface area contributed by atoms with Gasteiger partial charge in [0.05, 0.1) is 17.7 Å². The highest BCUT2D eigenvalue weighted by molar-refractivity contribution is 6.47. The van der Waals surface area contributed by atoms with E-state index in [1.54, 1.807) is 30.3 Å². The summed E-state index contributed by atoms with van der Waals surface area (Å²) in [5, 5.41) is 15.1. The van der Waals surface area contributed by atoms with Crippen LogP contribution in [0.5, 0.6) is 0 Å². The molecule has 29 heavy (non-hydrogen) atoms. The molecule has 146 valence electrons. The fraction of sp³-hybridized carbons (Fsp3) is 0.158. The highest BCUT2D eigenvalue weighted by atomic mass is 16.6. The lowest BCUT2D eigenvalue weighted by Gasteiger charge is -2.26. The molecule has 0 unspecified atom stereocenters. The van der Waals surface area contributed by atoms with Gasteiger partial charge in [-0.1, -0.05) is 30.3 Å². The number of non-ortho nitro benzene ring substituents is 1. The van der Waals surface area contributed by atoms with Crippen molar-refractivity contribution in [3.63, 3.8) is 0 Å². The lowest BCUT2D eigenvalue weighted by Crippen LogP contribution is -2.48. The maximum absolute atomic E-state index is 13.5. The summed E-state index contributed by atoms with van der Waals surface area (Å²) in [5.74, 6) is -3.57. The van der Waals surface area contributed by atoms with Crippen molar-refractivity contribution in [2.75, 3.05) is 12.0 Å². The first-order valence-corrected chi connectivity index (χ1v) is 8.53. The first-order chi connectivity index (χ1) is 13.9. The summed E-state index contributed by atoms with van der Waals surface area (Å²) in [6, 6.07) is 13.5. The Bertz CT molecular complexity index is 1080. The van der Waals surface area contributed by atoms with E-state index in [4.69, 9.17) is 4.74 Å². The quantitative estimate of drug-likeness (QED) is 0.356. The number of anilines is 1. The molecule has 2 aliphatic heterocycles. The third kappa shape index (κ3) is 2.49. The summed E-state index contributed by atoms with van der Waals surface area (Å²) in [5.41, 5.74) is 0.755. The molecule has 2 aromatic carbocycles. The molecule has 4 rings (SSSR count). The zero-order valence-corrected chi connectivity index (χ0v) is 15.1. The van der Waals surface area contributed by atoms with E-state index >= 15 is 0 Å². The van der Waals surface area contributed by atoms with Crippen LogP contribution in [0.2, 0.25) is 0 Å². The summed E-state index contributed by atoms with van der Waals surface area (Å²) >= 11 is 0. The first-order valence-electron chi connectivity index (χ1n) is 8.53. The minimum absolute atomic E-state index is 0.149. The van der Waals surface area contributed by atoms with Crippen LogP contribution < -0.4 is 10.3 Å². The molecule has 0 aromatic heterocycles. The molecule has 2 aromatic rings. The van der Waals surface area contributed by atoms with Crippen molar-refractivity contribution < 1.29 is 24.0 Å². The van der Waals surface area contributed by atoms with E-state index in [-0.39, 0.29) is 17.0 Å². The molecule has 2 atom stereocenters. The maximum atomic E-state index is 13.5. The lowest BCUT2D eigenvalue weighted by atomic mass is 9.78. The second-order valence-electron chi connectivity index (χ2n) is 6.46. The van der Waals surface area contributed by atoms with E-state index in [0.29, 0.717) is 5.69 Å². The highest BCUT2D eigenvalue weighted by Crippen LogP contribution is 2.45. The van der Waals surface area contributed by atoms with Crippen molar-refractivity contribution in [3.05, 3.63) is 70.3 Å². The average Bonchev–Trinajstić information content (AvgIpc) is 3.24. The molecule has 10 nitrogen and oxygen atoms in total. The van der Waals surface area contributed by atoms with Gasteiger partial charge < -0.3 is 4.74 Å². The van der Waals surface area contributed by atoms with Gasteiger partial charge in [-0.2, -0.15) is 5.10 Å². The molecule has 0 bridgehead atoms. The predicted molar refractivity (Wildman–Crippen MR) is 99.8 cm³/mol. The number of nitrogens with one attached hydrogen (secondary N) is 1. The Morgan fingerprint density at radius 2 is 1.93 bits per heavy atom. The van der Waals surface area contributed by atoms with Gasteiger partial charge in [0.15, 0.2) is 11.3 Å². The number of fused-ring (bicyclic) bond motifs is 1. The molecule has 2 heterocycles. The van der Waals surface area contributed by atoms with E-state index in [2.05, 4.69) is 10.5 Å². The highest BCUT2D eigenvalue weighted by Gasteiger charge is 2.67. The molecular formula is C19H14N4O6. The fourth-order valence-electron chi connectivity index (χ4n) is 3.67. The third-order valence-corrected chi connectivity index (χ3v) is 4.99. The Kier molecular flexibility index (Phi) is 4.11. The number of imide groups is 1. The van der Waals surface area contributed by atoms with E-state index in [0.717, 1.165) is 12.0 Å². The Hall–Kier alpha value is -4.08. The Labute approximate surface area is 163 Å². The monoisotopic (exact) mass is 394 g/mol. The second-order valence-corrected chi connectivity index (χ2v) is 6.46. The molecule has 0 saturated carbocycles. The van der Waals surface area contributed by atoms with Crippen LogP contribution >= 0.6 is 0 Å². The van der Waals surface area contributed by atoms with E-state index < -0.39 is 34.2 Å². The van der Waals surface area contributed by atoms with Gasteiger partial charge in [0, 0.05) is 12.1 Å².